The SMILES string of the molecule is CCCN(CCNC)c1nc(N)c2cc(OC)c(OC)cc2n1. The van der Waals surface area contributed by atoms with E-state index in [0.717, 1.165) is 37.0 Å². The number of hydrogen-bond acceptors (Lipinski definition) is 7. The Morgan fingerprint density at radius 3 is 2.43 bits per heavy atom. The summed E-state index contributed by atoms with van der Waals surface area (Å²) >= 11 is 0. The summed E-state index contributed by atoms with van der Waals surface area (Å²) in [6, 6.07) is 3.64. The first-order valence-electron chi connectivity index (χ1n) is 7.73. The van der Waals surface area contributed by atoms with E-state index in [9.17, 15) is 0 Å². The average Bonchev–Trinajstić information content (AvgIpc) is 2.57. The molecule has 7 heteroatoms. The van der Waals surface area contributed by atoms with Gasteiger partial charge in [0.05, 0.1) is 19.7 Å². The van der Waals surface area contributed by atoms with Crippen molar-refractivity contribution < 1.29 is 9.47 Å². The van der Waals surface area contributed by atoms with Crippen molar-refractivity contribution in [3.8, 4) is 11.5 Å². The fraction of sp³-hybridized carbons (Fsp3) is 0.500. The number of nitrogen functional groups attached to an aromatic ring is 1. The predicted octanol–water partition coefficient (Wildman–Crippen LogP) is 1.67. The summed E-state index contributed by atoms with van der Waals surface area (Å²) < 4.78 is 10.7. The molecule has 0 fully saturated rings. The largest absolute Gasteiger partial charge is 0.493 e. The van der Waals surface area contributed by atoms with Gasteiger partial charge < -0.3 is 25.4 Å². The molecule has 7 nitrogen and oxygen atoms in total. The first kappa shape index (κ1) is 17.1. The molecule has 0 aliphatic carbocycles. The molecule has 23 heavy (non-hydrogen) atoms. The summed E-state index contributed by atoms with van der Waals surface area (Å²) in [5, 5.41) is 3.91. The van der Waals surface area contributed by atoms with Gasteiger partial charge in [-0.15, -0.1) is 0 Å². The minimum Gasteiger partial charge on any atom is -0.493 e. The maximum atomic E-state index is 6.14. The second-order valence-corrected chi connectivity index (χ2v) is 5.22. The Balaban J connectivity index is 2.49. The van der Waals surface area contributed by atoms with Crippen molar-refractivity contribution in [2.24, 2.45) is 0 Å². The van der Waals surface area contributed by atoms with Gasteiger partial charge in [0.2, 0.25) is 5.95 Å². The van der Waals surface area contributed by atoms with Gasteiger partial charge in [-0.05, 0) is 19.5 Å². The van der Waals surface area contributed by atoms with Gasteiger partial charge in [-0.2, -0.15) is 4.98 Å². The van der Waals surface area contributed by atoms with E-state index in [0.29, 0.717) is 23.3 Å². The number of methoxy groups -OCH3 is 2. The molecule has 3 N–H and O–H groups in total. The van der Waals surface area contributed by atoms with Crippen LogP contribution in [0.25, 0.3) is 10.9 Å². The predicted molar refractivity (Wildman–Crippen MR) is 93.5 cm³/mol. The molecule has 0 saturated heterocycles. The van der Waals surface area contributed by atoms with E-state index < -0.39 is 0 Å². The molecule has 2 rings (SSSR count). The van der Waals surface area contributed by atoms with Gasteiger partial charge in [-0.1, -0.05) is 6.92 Å². The van der Waals surface area contributed by atoms with Crippen molar-refractivity contribution in [2.45, 2.75) is 13.3 Å². The van der Waals surface area contributed by atoms with Crippen molar-refractivity contribution >= 4 is 22.7 Å². The Morgan fingerprint density at radius 2 is 1.83 bits per heavy atom. The molecule has 0 radical (unpaired) electrons. The zero-order valence-corrected chi connectivity index (χ0v) is 14.2. The Morgan fingerprint density at radius 1 is 1.13 bits per heavy atom. The topological polar surface area (TPSA) is 85.5 Å². The first-order valence-corrected chi connectivity index (χ1v) is 7.73. The van der Waals surface area contributed by atoms with Crippen molar-refractivity contribution in [1.29, 1.82) is 0 Å². The summed E-state index contributed by atoms with van der Waals surface area (Å²) in [6.07, 6.45) is 1.01. The van der Waals surface area contributed by atoms with Crippen molar-refractivity contribution in [1.82, 2.24) is 15.3 Å². The molecule has 1 aromatic carbocycles. The number of hydrogen-bond donors (Lipinski definition) is 2. The third kappa shape index (κ3) is 3.73. The molecule has 0 aliphatic rings. The number of nitrogens with one attached hydrogen (secondary N) is 1. The minimum absolute atomic E-state index is 0.441. The van der Waals surface area contributed by atoms with Crippen molar-refractivity contribution in [3.05, 3.63) is 12.1 Å². The van der Waals surface area contributed by atoms with Gasteiger partial charge in [0.1, 0.15) is 5.82 Å². The van der Waals surface area contributed by atoms with Gasteiger partial charge in [0, 0.05) is 31.1 Å². The summed E-state index contributed by atoms with van der Waals surface area (Å²) in [6.45, 7) is 4.68. The van der Waals surface area contributed by atoms with Crippen LogP contribution in [-0.4, -0.2) is 50.9 Å². The van der Waals surface area contributed by atoms with Crippen molar-refractivity contribution in [2.75, 3.05) is 51.5 Å². The lowest BCUT2D eigenvalue weighted by Crippen LogP contribution is -2.33. The fourth-order valence-corrected chi connectivity index (χ4v) is 2.44. The zero-order valence-electron chi connectivity index (χ0n) is 14.2. The number of nitrogens with zero attached hydrogens (tertiary/aromatic N) is 3. The number of rotatable bonds is 8. The lowest BCUT2D eigenvalue weighted by molar-refractivity contribution is 0.356. The molecule has 1 aromatic heterocycles. The number of aromatic nitrogens is 2. The maximum absolute atomic E-state index is 6.14. The molecule has 126 valence electrons. The van der Waals surface area contributed by atoms with Crippen LogP contribution in [0.1, 0.15) is 13.3 Å². The molecular formula is C16H25N5O2. The number of ether oxygens (including phenoxy) is 2. The normalized spacial score (nSPS) is 10.8. The molecule has 0 bridgehead atoms. The molecular weight excluding hydrogens is 294 g/mol. The first-order chi connectivity index (χ1) is 11.1. The minimum atomic E-state index is 0.441. The van der Waals surface area contributed by atoms with E-state index in [-0.39, 0.29) is 0 Å². The van der Waals surface area contributed by atoms with Crippen LogP contribution in [0.3, 0.4) is 0 Å². The Hall–Kier alpha value is -2.28. The van der Waals surface area contributed by atoms with Gasteiger partial charge in [0.25, 0.3) is 0 Å². The lowest BCUT2D eigenvalue weighted by atomic mass is 10.2. The molecule has 0 aliphatic heterocycles. The molecule has 2 aromatic rings. The number of nitrogens with two attached hydrogens (primary N) is 1. The monoisotopic (exact) mass is 319 g/mol. The maximum Gasteiger partial charge on any atom is 0.227 e. The van der Waals surface area contributed by atoms with E-state index in [1.54, 1.807) is 14.2 Å². The molecule has 0 amide bonds. The highest BCUT2D eigenvalue weighted by Gasteiger charge is 2.15. The van der Waals surface area contributed by atoms with E-state index in [4.69, 9.17) is 15.2 Å². The summed E-state index contributed by atoms with van der Waals surface area (Å²) in [4.78, 5) is 11.3. The van der Waals surface area contributed by atoms with Crippen LogP contribution in [0.4, 0.5) is 11.8 Å². The fourth-order valence-electron chi connectivity index (χ4n) is 2.44. The number of anilines is 2. The molecule has 0 unspecified atom stereocenters. The van der Waals surface area contributed by atoms with Gasteiger partial charge in [-0.3, -0.25) is 0 Å². The molecule has 0 saturated carbocycles. The Bertz CT molecular complexity index is 662. The second kappa shape index (κ2) is 7.82. The standard InChI is InChI=1S/C16H25N5O2/c1-5-7-21(8-6-18-2)16-19-12-10-14(23-4)13(22-3)9-11(12)15(17)20-16/h9-10,18H,5-8H2,1-4H3,(H2,17,19,20). The third-order valence-corrected chi connectivity index (χ3v) is 3.63. The molecule has 0 atom stereocenters. The zero-order chi connectivity index (χ0) is 16.8. The number of likely N-dealkylation sites (N-methyl/N-ethyl adjacent to an activating group) is 1. The quantitative estimate of drug-likeness (QED) is 0.765. The van der Waals surface area contributed by atoms with Gasteiger partial charge in [-0.25, -0.2) is 4.98 Å². The lowest BCUT2D eigenvalue weighted by Gasteiger charge is -2.22. The van der Waals surface area contributed by atoms with Crippen LogP contribution in [0.5, 0.6) is 11.5 Å². The van der Waals surface area contributed by atoms with Crippen LogP contribution in [0.2, 0.25) is 0 Å². The van der Waals surface area contributed by atoms with Gasteiger partial charge >= 0.3 is 0 Å². The second-order valence-electron chi connectivity index (χ2n) is 5.22. The van der Waals surface area contributed by atoms with E-state index in [2.05, 4.69) is 27.1 Å². The van der Waals surface area contributed by atoms with E-state index >= 15 is 0 Å². The number of benzene rings is 1. The van der Waals surface area contributed by atoms with Crippen LogP contribution in [0.15, 0.2) is 12.1 Å². The summed E-state index contributed by atoms with van der Waals surface area (Å²) in [5.41, 5.74) is 6.89. The van der Waals surface area contributed by atoms with E-state index in [1.807, 2.05) is 19.2 Å². The average molecular weight is 319 g/mol. The Kier molecular flexibility index (Phi) is 5.81. The van der Waals surface area contributed by atoms with Crippen LogP contribution >= 0.6 is 0 Å². The third-order valence-electron chi connectivity index (χ3n) is 3.63. The van der Waals surface area contributed by atoms with Gasteiger partial charge in [0.15, 0.2) is 11.5 Å². The number of fused-ring (bicyclic) bond motifs is 1. The molecule has 1 heterocycles. The van der Waals surface area contributed by atoms with Crippen LogP contribution < -0.4 is 25.4 Å². The van der Waals surface area contributed by atoms with Crippen molar-refractivity contribution in [3.63, 3.8) is 0 Å². The Labute approximate surface area is 136 Å². The van der Waals surface area contributed by atoms with E-state index in [1.165, 1.54) is 0 Å². The summed E-state index contributed by atoms with van der Waals surface area (Å²) in [7, 11) is 5.12. The van der Waals surface area contributed by atoms with Crippen LogP contribution in [0, 0.1) is 0 Å². The highest BCUT2D eigenvalue weighted by atomic mass is 16.5. The highest BCUT2D eigenvalue weighted by Crippen LogP contribution is 2.34. The van der Waals surface area contributed by atoms with Crippen LogP contribution in [-0.2, 0) is 0 Å². The molecule has 0 spiro atoms. The summed E-state index contributed by atoms with van der Waals surface area (Å²) in [5.74, 6) is 2.32. The highest BCUT2D eigenvalue weighted by molar-refractivity contribution is 5.91. The smallest absolute Gasteiger partial charge is 0.227 e.